The van der Waals surface area contributed by atoms with Gasteiger partial charge in [0.1, 0.15) is 5.75 Å². The van der Waals surface area contributed by atoms with Crippen molar-refractivity contribution >= 4 is 5.97 Å². The quantitative estimate of drug-likeness (QED) is 0.803. The van der Waals surface area contributed by atoms with Gasteiger partial charge >= 0.3 is 5.97 Å². The largest absolute Gasteiger partial charge is 0.476 e. The number of esters is 1. The molecule has 0 radical (unpaired) electrons. The van der Waals surface area contributed by atoms with E-state index in [0.717, 1.165) is 5.56 Å². The lowest BCUT2D eigenvalue weighted by Crippen LogP contribution is -2.39. The lowest BCUT2D eigenvalue weighted by atomic mass is 10.0. The van der Waals surface area contributed by atoms with Crippen LogP contribution in [0.2, 0.25) is 0 Å². The van der Waals surface area contributed by atoms with Gasteiger partial charge < -0.3 is 15.2 Å². The molecule has 0 aliphatic heterocycles. The van der Waals surface area contributed by atoms with Gasteiger partial charge in [-0.05, 0) is 50.9 Å². The fourth-order valence-corrected chi connectivity index (χ4v) is 1.64. The van der Waals surface area contributed by atoms with E-state index in [-0.39, 0.29) is 5.97 Å². The highest BCUT2D eigenvalue weighted by Crippen LogP contribution is 2.22. The molecule has 1 rings (SSSR count). The molecule has 0 fully saturated rings. The second-order valence-corrected chi connectivity index (χ2v) is 5.04. The topological polar surface area (TPSA) is 61.5 Å². The Balaban J connectivity index is 2.74. The van der Waals surface area contributed by atoms with E-state index >= 15 is 0 Å². The first-order valence-electron chi connectivity index (χ1n) is 6.57. The van der Waals surface area contributed by atoms with E-state index in [1.54, 1.807) is 20.8 Å². The van der Waals surface area contributed by atoms with Crippen molar-refractivity contribution in [3.8, 4) is 5.75 Å². The molecule has 2 N–H and O–H groups in total. The third kappa shape index (κ3) is 4.24. The van der Waals surface area contributed by atoms with E-state index in [1.807, 2.05) is 24.3 Å². The van der Waals surface area contributed by atoms with Gasteiger partial charge in [0.05, 0.1) is 6.61 Å². The van der Waals surface area contributed by atoms with Crippen LogP contribution in [0.15, 0.2) is 24.3 Å². The van der Waals surface area contributed by atoms with Gasteiger partial charge in [-0.15, -0.1) is 0 Å². The Morgan fingerprint density at radius 3 is 2.37 bits per heavy atom. The molecule has 1 atom stereocenters. The molecule has 0 bridgehead atoms. The number of benzene rings is 1. The average Bonchev–Trinajstić information content (AvgIpc) is 2.38. The Kier molecular flexibility index (Phi) is 5.36. The van der Waals surface area contributed by atoms with Gasteiger partial charge in [-0.1, -0.05) is 19.1 Å². The summed E-state index contributed by atoms with van der Waals surface area (Å²) in [5, 5.41) is 0. The van der Waals surface area contributed by atoms with Crippen LogP contribution in [-0.4, -0.2) is 24.7 Å². The summed E-state index contributed by atoms with van der Waals surface area (Å²) < 4.78 is 10.7. The number of nitrogens with two attached hydrogens (primary N) is 1. The van der Waals surface area contributed by atoms with Crippen molar-refractivity contribution in [2.75, 3.05) is 13.2 Å². The van der Waals surface area contributed by atoms with Crippen LogP contribution in [0, 0.1) is 0 Å². The summed E-state index contributed by atoms with van der Waals surface area (Å²) in [4.78, 5) is 11.7. The predicted octanol–water partition coefficient (Wildman–Crippen LogP) is 2.47. The van der Waals surface area contributed by atoms with Crippen LogP contribution in [0.25, 0.3) is 0 Å². The van der Waals surface area contributed by atoms with Crippen LogP contribution < -0.4 is 10.5 Å². The highest BCUT2D eigenvalue weighted by molar-refractivity contribution is 5.79. The fourth-order valence-electron chi connectivity index (χ4n) is 1.64. The summed E-state index contributed by atoms with van der Waals surface area (Å²) in [5.41, 5.74) is 5.79. The minimum Gasteiger partial charge on any atom is -0.476 e. The van der Waals surface area contributed by atoms with Gasteiger partial charge in [0.2, 0.25) is 0 Å². The van der Waals surface area contributed by atoms with Gasteiger partial charge in [-0.2, -0.15) is 0 Å². The second-order valence-electron chi connectivity index (χ2n) is 5.04. The molecule has 106 valence electrons. The first kappa shape index (κ1) is 15.5. The zero-order chi connectivity index (χ0) is 14.5. The van der Waals surface area contributed by atoms with Crippen molar-refractivity contribution in [2.24, 2.45) is 5.73 Å². The Morgan fingerprint density at radius 1 is 1.32 bits per heavy atom. The molecule has 4 nitrogen and oxygen atoms in total. The lowest BCUT2D eigenvalue weighted by molar-refractivity contribution is -0.158. The van der Waals surface area contributed by atoms with Crippen molar-refractivity contribution in [1.29, 1.82) is 0 Å². The molecule has 1 unspecified atom stereocenters. The summed E-state index contributed by atoms with van der Waals surface area (Å²) in [5.74, 6) is 0.590. The summed E-state index contributed by atoms with van der Waals surface area (Å²) in [6, 6.07) is 7.63. The molecule has 0 aliphatic rings. The number of carbonyl (C=O) groups is 1. The third-order valence-corrected chi connectivity index (χ3v) is 2.94. The van der Waals surface area contributed by atoms with Crippen LogP contribution >= 0.6 is 0 Å². The number of hydrogen-bond donors (Lipinski definition) is 1. The summed E-state index contributed by atoms with van der Waals surface area (Å²) in [7, 11) is 0. The van der Waals surface area contributed by atoms with E-state index in [9.17, 15) is 4.79 Å². The molecule has 19 heavy (non-hydrogen) atoms. The van der Waals surface area contributed by atoms with Crippen molar-refractivity contribution in [3.63, 3.8) is 0 Å². The molecule has 0 aliphatic carbocycles. The molecule has 0 aromatic heterocycles. The smallest absolute Gasteiger partial charge is 0.349 e. The standard InChI is InChI=1S/C15H23NO3/c1-5-18-14(17)15(3,4)19-13-8-6-12(7-9-13)11(2)10-16/h6-9,11H,5,10,16H2,1-4H3. The van der Waals surface area contributed by atoms with Crippen LogP contribution in [-0.2, 0) is 9.53 Å². The molecule has 1 aromatic carbocycles. The minimum absolute atomic E-state index is 0.312. The van der Waals surface area contributed by atoms with E-state index in [1.165, 1.54) is 0 Å². The highest BCUT2D eigenvalue weighted by atomic mass is 16.6. The molecule has 0 spiro atoms. The first-order chi connectivity index (χ1) is 8.90. The van der Waals surface area contributed by atoms with Gasteiger partial charge in [-0.25, -0.2) is 4.79 Å². The molecule has 1 aromatic rings. The number of carbonyl (C=O) groups excluding carboxylic acids is 1. The summed E-state index contributed by atoms with van der Waals surface area (Å²) >= 11 is 0. The van der Waals surface area contributed by atoms with Crippen LogP contribution in [0.4, 0.5) is 0 Å². The number of hydrogen-bond acceptors (Lipinski definition) is 4. The number of ether oxygens (including phenoxy) is 2. The Hall–Kier alpha value is -1.55. The molecule has 0 heterocycles. The Labute approximate surface area is 114 Å². The maximum Gasteiger partial charge on any atom is 0.349 e. The van der Waals surface area contributed by atoms with E-state index in [0.29, 0.717) is 24.8 Å². The van der Waals surface area contributed by atoms with Gasteiger partial charge in [-0.3, -0.25) is 0 Å². The zero-order valence-electron chi connectivity index (χ0n) is 12.1. The lowest BCUT2D eigenvalue weighted by Gasteiger charge is -2.24. The van der Waals surface area contributed by atoms with Gasteiger partial charge in [0, 0.05) is 0 Å². The fraction of sp³-hybridized carbons (Fsp3) is 0.533. The highest BCUT2D eigenvalue weighted by Gasteiger charge is 2.31. The normalized spacial score (nSPS) is 12.9. The SMILES string of the molecule is CCOC(=O)C(C)(C)Oc1ccc(C(C)CN)cc1. The minimum atomic E-state index is -0.989. The second kappa shape index (κ2) is 6.57. The molecule has 0 amide bonds. The molecule has 4 heteroatoms. The van der Waals surface area contributed by atoms with E-state index in [2.05, 4.69) is 6.92 Å². The maximum atomic E-state index is 11.7. The van der Waals surface area contributed by atoms with Gasteiger partial charge in [0.25, 0.3) is 0 Å². The molecule has 0 saturated carbocycles. The molecular formula is C15H23NO3. The third-order valence-electron chi connectivity index (χ3n) is 2.94. The Bertz CT molecular complexity index is 412. The van der Waals surface area contributed by atoms with Crippen LogP contribution in [0.1, 0.15) is 39.2 Å². The zero-order valence-corrected chi connectivity index (χ0v) is 12.1. The van der Waals surface area contributed by atoms with Crippen molar-refractivity contribution < 1.29 is 14.3 Å². The summed E-state index contributed by atoms with van der Waals surface area (Å²) in [6.45, 7) is 8.19. The van der Waals surface area contributed by atoms with E-state index < -0.39 is 5.60 Å². The van der Waals surface area contributed by atoms with Crippen molar-refractivity contribution in [3.05, 3.63) is 29.8 Å². The van der Waals surface area contributed by atoms with Crippen molar-refractivity contribution in [1.82, 2.24) is 0 Å². The molecule has 0 saturated heterocycles. The predicted molar refractivity (Wildman–Crippen MR) is 75.3 cm³/mol. The van der Waals surface area contributed by atoms with E-state index in [4.69, 9.17) is 15.2 Å². The Morgan fingerprint density at radius 2 is 1.89 bits per heavy atom. The average molecular weight is 265 g/mol. The first-order valence-corrected chi connectivity index (χ1v) is 6.57. The van der Waals surface area contributed by atoms with Crippen LogP contribution in [0.3, 0.4) is 0 Å². The van der Waals surface area contributed by atoms with Crippen molar-refractivity contribution in [2.45, 2.75) is 39.2 Å². The van der Waals surface area contributed by atoms with Crippen LogP contribution in [0.5, 0.6) is 5.75 Å². The monoisotopic (exact) mass is 265 g/mol. The molecular weight excluding hydrogens is 242 g/mol. The summed E-state index contributed by atoms with van der Waals surface area (Å²) in [6.07, 6.45) is 0. The van der Waals surface area contributed by atoms with Gasteiger partial charge in [0.15, 0.2) is 5.60 Å². The maximum absolute atomic E-state index is 11.7. The number of rotatable bonds is 6.